The number of hydrogen-bond donors (Lipinski definition) is 0. The summed E-state index contributed by atoms with van der Waals surface area (Å²) in [5, 5.41) is 0. The highest BCUT2D eigenvalue weighted by Crippen LogP contribution is 2.12. The van der Waals surface area contributed by atoms with Crippen molar-refractivity contribution >= 4 is 11.8 Å². The van der Waals surface area contributed by atoms with Crippen LogP contribution in [0.25, 0.3) is 5.82 Å². The largest absolute Gasteiger partial charge is 0.342 e. The quantitative estimate of drug-likeness (QED) is 0.790. The Morgan fingerprint density at radius 3 is 2.36 bits per heavy atom. The highest BCUT2D eigenvalue weighted by molar-refractivity contribution is 5.94. The van der Waals surface area contributed by atoms with Crippen LogP contribution in [0, 0.1) is 0 Å². The lowest BCUT2D eigenvalue weighted by molar-refractivity contribution is -0.133. The van der Waals surface area contributed by atoms with Gasteiger partial charge in [-0.05, 0) is 31.4 Å². The Kier molecular flexibility index (Phi) is 5.66. The standard InChI is InChI=1S/C20H26N6O2/c27-19(24-7-2-1-3-8-24)15-23-10-12-25(13-11-23)20(28)17-4-5-18(22-14-17)26-9-6-21-16-26/h4-6,9,14,16H,1-3,7-8,10-13,15H2. The predicted octanol–water partition coefficient (Wildman–Crippen LogP) is 1.04. The molecule has 0 unspecified atom stereocenters. The summed E-state index contributed by atoms with van der Waals surface area (Å²) in [7, 11) is 0. The second kappa shape index (κ2) is 8.52. The van der Waals surface area contributed by atoms with Gasteiger partial charge in [-0.15, -0.1) is 0 Å². The average Bonchev–Trinajstić information content (AvgIpc) is 3.29. The van der Waals surface area contributed by atoms with Crippen LogP contribution >= 0.6 is 0 Å². The summed E-state index contributed by atoms with van der Waals surface area (Å²) < 4.78 is 1.80. The molecule has 0 aromatic carbocycles. The molecule has 2 amide bonds. The van der Waals surface area contributed by atoms with E-state index in [2.05, 4.69) is 14.9 Å². The van der Waals surface area contributed by atoms with Crippen molar-refractivity contribution in [2.75, 3.05) is 45.8 Å². The smallest absolute Gasteiger partial charge is 0.255 e. The first-order chi connectivity index (χ1) is 13.7. The van der Waals surface area contributed by atoms with Gasteiger partial charge >= 0.3 is 0 Å². The molecule has 4 heterocycles. The third-order valence-electron chi connectivity index (χ3n) is 5.49. The first-order valence-electron chi connectivity index (χ1n) is 9.94. The zero-order valence-electron chi connectivity index (χ0n) is 16.0. The number of carbonyl (C=O) groups excluding carboxylic acids is 2. The summed E-state index contributed by atoms with van der Waals surface area (Å²) >= 11 is 0. The van der Waals surface area contributed by atoms with Gasteiger partial charge in [-0.2, -0.15) is 0 Å². The van der Waals surface area contributed by atoms with E-state index in [0.29, 0.717) is 25.2 Å². The van der Waals surface area contributed by atoms with Crippen molar-refractivity contribution < 1.29 is 9.59 Å². The Hall–Kier alpha value is -2.74. The van der Waals surface area contributed by atoms with E-state index < -0.39 is 0 Å². The van der Waals surface area contributed by atoms with Crippen molar-refractivity contribution in [1.29, 1.82) is 0 Å². The molecule has 2 aliphatic rings. The normalized spacial score (nSPS) is 18.3. The van der Waals surface area contributed by atoms with Gasteiger partial charge in [0.25, 0.3) is 5.91 Å². The van der Waals surface area contributed by atoms with Gasteiger partial charge in [0.1, 0.15) is 12.1 Å². The van der Waals surface area contributed by atoms with Gasteiger partial charge in [-0.1, -0.05) is 0 Å². The Labute approximate surface area is 164 Å². The average molecular weight is 382 g/mol. The molecule has 8 nitrogen and oxygen atoms in total. The molecular formula is C20H26N6O2. The number of pyridine rings is 1. The number of piperazine rings is 1. The van der Waals surface area contributed by atoms with Gasteiger partial charge in [-0.3, -0.25) is 19.1 Å². The SMILES string of the molecule is O=C(CN1CCN(C(=O)c2ccc(-n3ccnc3)nc2)CC1)N1CCCCC1. The molecule has 2 fully saturated rings. The maximum absolute atomic E-state index is 12.7. The first-order valence-corrected chi connectivity index (χ1v) is 9.94. The molecule has 4 rings (SSSR count). The van der Waals surface area contributed by atoms with Crippen molar-refractivity contribution in [3.8, 4) is 5.82 Å². The molecule has 0 aliphatic carbocycles. The van der Waals surface area contributed by atoms with Gasteiger partial charge in [0.15, 0.2) is 0 Å². The van der Waals surface area contributed by atoms with E-state index >= 15 is 0 Å². The Morgan fingerprint density at radius 1 is 0.929 bits per heavy atom. The number of imidazole rings is 1. The number of rotatable bonds is 4. The van der Waals surface area contributed by atoms with E-state index in [9.17, 15) is 9.59 Å². The molecule has 2 aromatic heterocycles. The Bertz CT molecular complexity index is 791. The molecule has 0 N–H and O–H groups in total. The minimum absolute atomic E-state index is 0.00770. The minimum atomic E-state index is -0.00770. The number of hydrogen-bond acceptors (Lipinski definition) is 5. The van der Waals surface area contributed by atoms with Crippen LogP contribution in [0.5, 0.6) is 0 Å². The van der Waals surface area contributed by atoms with E-state index in [0.717, 1.165) is 44.8 Å². The lowest BCUT2D eigenvalue weighted by Gasteiger charge is -2.36. The molecule has 0 bridgehead atoms. The first kappa shape index (κ1) is 18.6. The highest BCUT2D eigenvalue weighted by atomic mass is 16.2. The van der Waals surface area contributed by atoms with Crippen LogP contribution in [0.15, 0.2) is 37.1 Å². The molecule has 148 valence electrons. The third-order valence-corrected chi connectivity index (χ3v) is 5.49. The topological polar surface area (TPSA) is 74.6 Å². The van der Waals surface area contributed by atoms with Crippen LogP contribution in [0.2, 0.25) is 0 Å². The third kappa shape index (κ3) is 4.22. The van der Waals surface area contributed by atoms with Gasteiger partial charge in [0.05, 0.1) is 12.1 Å². The van der Waals surface area contributed by atoms with Crippen LogP contribution in [-0.4, -0.2) is 86.9 Å². The molecular weight excluding hydrogens is 356 g/mol. The summed E-state index contributed by atoms with van der Waals surface area (Å²) in [4.78, 5) is 39.5. The number of aromatic nitrogens is 3. The minimum Gasteiger partial charge on any atom is -0.342 e. The molecule has 2 saturated heterocycles. The van der Waals surface area contributed by atoms with E-state index in [1.165, 1.54) is 6.42 Å². The van der Waals surface area contributed by atoms with Crippen LogP contribution in [0.1, 0.15) is 29.6 Å². The van der Waals surface area contributed by atoms with E-state index in [-0.39, 0.29) is 11.8 Å². The van der Waals surface area contributed by atoms with Crippen LogP contribution in [0.4, 0.5) is 0 Å². The van der Waals surface area contributed by atoms with Crippen molar-refractivity contribution in [2.24, 2.45) is 0 Å². The maximum atomic E-state index is 12.7. The second-order valence-corrected chi connectivity index (χ2v) is 7.38. The van der Waals surface area contributed by atoms with Crippen LogP contribution < -0.4 is 0 Å². The molecule has 0 saturated carbocycles. The number of likely N-dealkylation sites (tertiary alicyclic amines) is 1. The molecule has 0 atom stereocenters. The Balaban J connectivity index is 1.28. The van der Waals surface area contributed by atoms with E-state index in [1.807, 2.05) is 22.1 Å². The summed E-state index contributed by atoms with van der Waals surface area (Å²) in [5.41, 5.74) is 0.585. The van der Waals surface area contributed by atoms with E-state index in [1.54, 1.807) is 29.4 Å². The Morgan fingerprint density at radius 2 is 1.71 bits per heavy atom. The predicted molar refractivity (Wildman–Crippen MR) is 104 cm³/mol. The monoisotopic (exact) mass is 382 g/mol. The van der Waals surface area contributed by atoms with Crippen molar-refractivity contribution in [2.45, 2.75) is 19.3 Å². The van der Waals surface area contributed by atoms with Crippen LogP contribution in [-0.2, 0) is 4.79 Å². The van der Waals surface area contributed by atoms with Crippen molar-refractivity contribution in [3.05, 3.63) is 42.6 Å². The fourth-order valence-electron chi connectivity index (χ4n) is 3.79. The zero-order valence-corrected chi connectivity index (χ0v) is 16.0. The number of nitrogens with zero attached hydrogens (tertiary/aromatic N) is 6. The fraction of sp³-hybridized carbons (Fsp3) is 0.500. The van der Waals surface area contributed by atoms with Crippen LogP contribution in [0.3, 0.4) is 0 Å². The molecule has 2 aromatic rings. The highest BCUT2D eigenvalue weighted by Gasteiger charge is 2.25. The molecule has 8 heteroatoms. The fourth-order valence-corrected chi connectivity index (χ4v) is 3.79. The summed E-state index contributed by atoms with van der Waals surface area (Å²) in [6, 6.07) is 3.62. The number of carbonyl (C=O) groups is 2. The zero-order chi connectivity index (χ0) is 19.3. The summed E-state index contributed by atoms with van der Waals surface area (Å²) in [6.07, 6.45) is 10.2. The van der Waals surface area contributed by atoms with Crippen molar-refractivity contribution in [1.82, 2.24) is 29.2 Å². The molecule has 28 heavy (non-hydrogen) atoms. The molecule has 0 spiro atoms. The summed E-state index contributed by atoms with van der Waals surface area (Å²) in [6.45, 7) is 4.96. The molecule has 0 radical (unpaired) electrons. The van der Waals surface area contributed by atoms with Gasteiger partial charge < -0.3 is 9.80 Å². The van der Waals surface area contributed by atoms with Crippen molar-refractivity contribution in [3.63, 3.8) is 0 Å². The number of amides is 2. The van der Waals surface area contributed by atoms with Gasteiger partial charge in [0.2, 0.25) is 5.91 Å². The summed E-state index contributed by atoms with van der Waals surface area (Å²) in [5.74, 6) is 0.945. The lowest BCUT2D eigenvalue weighted by Crippen LogP contribution is -2.52. The lowest BCUT2D eigenvalue weighted by atomic mass is 10.1. The maximum Gasteiger partial charge on any atom is 0.255 e. The second-order valence-electron chi connectivity index (χ2n) is 7.38. The van der Waals surface area contributed by atoms with Gasteiger partial charge in [0, 0.05) is 57.9 Å². The molecule has 2 aliphatic heterocycles. The van der Waals surface area contributed by atoms with E-state index in [4.69, 9.17) is 0 Å². The number of piperidine rings is 1. The van der Waals surface area contributed by atoms with Gasteiger partial charge in [-0.25, -0.2) is 9.97 Å².